The zero-order valence-electron chi connectivity index (χ0n) is 16.1. The molecule has 0 unspecified atom stereocenters. The van der Waals surface area contributed by atoms with Gasteiger partial charge in [0, 0.05) is 37.5 Å². The molecule has 0 aliphatic rings. The monoisotopic (exact) mass is 387 g/mol. The Bertz CT molecular complexity index is 1040. The summed E-state index contributed by atoms with van der Waals surface area (Å²) in [4.78, 5) is 18.6. The van der Waals surface area contributed by atoms with E-state index in [4.69, 9.17) is 8.94 Å². The Morgan fingerprint density at radius 3 is 2.59 bits per heavy atom. The third kappa shape index (κ3) is 4.43. The van der Waals surface area contributed by atoms with Gasteiger partial charge in [-0.3, -0.25) is 9.78 Å². The first kappa shape index (κ1) is 18.7. The summed E-state index contributed by atoms with van der Waals surface area (Å²) in [5.74, 6) is 1.26. The van der Waals surface area contributed by atoms with Crippen LogP contribution in [-0.2, 0) is 11.3 Å². The first-order valence-corrected chi connectivity index (χ1v) is 9.39. The normalized spacial score (nSPS) is 11.9. The second-order valence-electron chi connectivity index (χ2n) is 6.85. The van der Waals surface area contributed by atoms with Crippen molar-refractivity contribution >= 4 is 5.91 Å². The van der Waals surface area contributed by atoms with Gasteiger partial charge in [-0.05, 0) is 29.8 Å². The molecule has 4 aromatic rings. The van der Waals surface area contributed by atoms with Gasteiger partial charge in [0.2, 0.25) is 5.91 Å². The molecule has 0 saturated carbocycles. The second kappa shape index (κ2) is 8.56. The van der Waals surface area contributed by atoms with Crippen LogP contribution < -0.4 is 0 Å². The van der Waals surface area contributed by atoms with Gasteiger partial charge < -0.3 is 13.8 Å². The number of aromatic nitrogens is 2. The van der Waals surface area contributed by atoms with Gasteiger partial charge in [0.1, 0.15) is 11.5 Å². The van der Waals surface area contributed by atoms with Crippen LogP contribution in [-0.4, -0.2) is 28.0 Å². The molecule has 146 valence electrons. The Morgan fingerprint density at radius 2 is 1.86 bits per heavy atom. The molecule has 0 fully saturated rings. The maximum Gasteiger partial charge on any atom is 0.223 e. The molecule has 0 saturated heterocycles. The summed E-state index contributed by atoms with van der Waals surface area (Å²) in [6, 6.07) is 19.2. The van der Waals surface area contributed by atoms with Crippen LogP contribution in [0.2, 0.25) is 0 Å². The van der Waals surface area contributed by atoms with Crippen LogP contribution >= 0.6 is 0 Å². The molecule has 0 N–H and O–H groups in total. The number of carbonyl (C=O) groups is 1. The summed E-state index contributed by atoms with van der Waals surface area (Å²) in [7, 11) is 1.77. The number of pyridine rings is 1. The molecule has 0 spiro atoms. The maximum absolute atomic E-state index is 12.9. The van der Waals surface area contributed by atoms with E-state index < -0.39 is 0 Å². The smallest absolute Gasteiger partial charge is 0.223 e. The highest BCUT2D eigenvalue weighted by Gasteiger charge is 2.23. The van der Waals surface area contributed by atoms with Gasteiger partial charge in [0.15, 0.2) is 5.76 Å². The lowest BCUT2D eigenvalue weighted by atomic mass is 9.92. The number of amides is 1. The molecule has 29 heavy (non-hydrogen) atoms. The molecule has 0 aliphatic carbocycles. The van der Waals surface area contributed by atoms with Crippen LogP contribution in [0.25, 0.3) is 11.3 Å². The summed E-state index contributed by atoms with van der Waals surface area (Å²) in [5.41, 5.74) is 2.69. The Balaban J connectivity index is 1.45. The van der Waals surface area contributed by atoms with Gasteiger partial charge in [0.25, 0.3) is 0 Å². The zero-order chi connectivity index (χ0) is 20.1. The fourth-order valence-electron chi connectivity index (χ4n) is 3.26. The Kier molecular flexibility index (Phi) is 5.52. The lowest BCUT2D eigenvalue weighted by Gasteiger charge is -2.20. The van der Waals surface area contributed by atoms with Crippen molar-refractivity contribution < 1.29 is 13.7 Å². The van der Waals surface area contributed by atoms with Crippen LogP contribution in [0.4, 0.5) is 0 Å². The van der Waals surface area contributed by atoms with E-state index >= 15 is 0 Å². The average molecular weight is 387 g/mol. The third-order valence-corrected chi connectivity index (χ3v) is 4.82. The van der Waals surface area contributed by atoms with E-state index in [1.54, 1.807) is 30.6 Å². The van der Waals surface area contributed by atoms with Crippen molar-refractivity contribution in [1.29, 1.82) is 0 Å². The van der Waals surface area contributed by atoms with E-state index in [0.29, 0.717) is 18.7 Å². The van der Waals surface area contributed by atoms with Crippen LogP contribution in [0.15, 0.2) is 88.3 Å². The molecule has 0 radical (unpaired) electrons. The SMILES string of the molecule is CN(Cc1cc(-c2ccncc2)no1)C(=O)C[C@@H](c1ccccc1)c1ccco1. The van der Waals surface area contributed by atoms with E-state index in [-0.39, 0.29) is 11.8 Å². The summed E-state index contributed by atoms with van der Waals surface area (Å²) in [6.45, 7) is 0.344. The van der Waals surface area contributed by atoms with Gasteiger partial charge >= 0.3 is 0 Å². The van der Waals surface area contributed by atoms with E-state index in [1.165, 1.54) is 0 Å². The number of rotatable bonds is 7. The molecular weight excluding hydrogens is 366 g/mol. The van der Waals surface area contributed by atoms with Crippen molar-refractivity contribution in [2.24, 2.45) is 0 Å². The number of hydrogen-bond acceptors (Lipinski definition) is 5. The van der Waals surface area contributed by atoms with Crippen LogP contribution in [0.3, 0.4) is 0 Å². The summed E-state index contributed by atoms with van der Waals surface area (Å²) < 4.78 is 11.0. The third-order valence-electron chi connectivity index (χ3n) is 4.82. The van der Waals surface area contributed by atoms with Crippen LogP contribution in [0.5, 0.6) is 0 Å². The molecule has 1 atom stereocenters. The highest BCUT2D eigenvalue weighted by molar-refractivity contribution is 5.77. The largest absolute Gasteiger partial charge is 0.469 e. The van der Waals surface area contributed by atoms with E-state index in [0.717, 1.165) is 22.6 Å². The number of benzene rings is 1. The van der Waals surface area contributed by atoms with Gasteiger partial charge in [-0.25, -0.2) is 0 Å². The molecule has 1 amide bonds. The summed E-state index contributed by atoms with van der Waals surface area (Å²) in [5, 5.41) is 4.09. The molecule has 3 aromatic heterocycles. The Hall–Kier alpha value is -3.67. The zero-order valence-corrected chi connectivity index (χ0v) is 16.1. The van der Waals surface area contributed by atoms with E-state index in [2.05, 4.69) is 10.1 Å². The van der Waals surface area contributed by atoms with Crippen LogP contribution in [0.1, 0.15) is 29.4 Å². The minimum Gasteiger partial charge on any atom is -0.469 e. The number of furan rings is 1. The van der Waals surface area contributed by atoms with Gasteiger partial charge in [-0.1, -0.05) is 35.5 Å². The lowest BCUT2D eigenvalue weighted by Crippen LogP contribution is -2.27. The molecular formula is C23H21N3O3. The molecule has 1 aromatic carbocycles. The minimum atomic E-state index is -0.136. The quantitative estimate of drug-likeness (QED) is 0.466. The number of nitrogens with zero attached hydrogens (tertiary/aromatic N) is 3. The molecule has 4 rings (SSSR count). The number of carbonyl (C=O) groups excluding carboxylic acids is 1. The predicted octanol–water partition coefficient (Wildman–Crippen LogP) is 4.51. The number of hydrogen-bond donors (Lipinski definition) is 0. The molecule has 3 heterocycles. The highest BCUT2D eigenvalue weighted by atomic mass is 16.5. The molecule has 6 heteroatoms. The van der Waals surface area contributed by atoms with Crippen LogP contribution in [0, 0.1) is 0 Å². The molecule has 0 aliphatic heterocycles. The van der Waals surface area contributed by atoms with Crippen molar-refractivity contribution in [3.63, 3.8) is 0 Å². The van der Waals surface area contributed by atoms with Gasteiger partial charge in [0.05, 0.1) is 18.7 Å². The fourth-order valence-corrected chi connectivity index (χ4v) is 3.26. The Morgan fingerprint density at radius 1 is 1.07 bits per heavy atom. The first-order chi connectivity index (χ1) is 14.2. The minimum absolute atomic E-state index is 0.00267. The van der Waals surface area contributed by atoms with Crippen molar-refractivity contribution in [1.82, 2.24) is 15.0 Å². The summed E-state index contributed by atoms with van der Waals surface area (Å²) >= 11 is 0. The standard InChI is InChI=1S/C23H21N3O3/c1-26(16-19-14-21(25-29-19)18-9-11-24-12-10-18)23(27)15-20(22-8-5-13-28-22)17-6-3-2-4-7-17/h2-14,20H,15-16H2,1H3/t20-/m0/s1. The predicted molar refractivity (Wildman–Crippen MR) is 108 cm³/mol. The van der Waals surface area contributed by atoms with Crippen molar-refractivity contribution in [2.45, 2.75) is 18.9 Å². The first-order valence-electron chi connectivity index (χ1n) is 9.39. The van der Waals surface area contributed by atoms with E-state index in [1.807, 2.05) is 60.7 Å². The van der Waals surface area contributed by atoms with Crippen molar-refractivity contribution in [3.05, 3.63) is 96.4 Å². The second-order valence-corrected chi connectivity index (χ2v) is 6.85. The molecule has 6 nitrogen and oxygen atoms in total. The maximum atomic E-state index is 12.9. The van der Waals surface area contributed by atoms with E-state index in [9.17, 15) is 4.79 Å². The average Bonchev–Trinajstić information content (AvgIpc) is 3.45. The Labute approximate surface area is 168 Å². The lowest BCUT2D eigenvalue weighted by molar-refractivity contribution is -0.131. The highest BCUT2D eigenvalue weighted by Crippen LogP contribution is 2.29. The van der Waals surface area contributed by atoms with Crippen molar-refractivity contribution in [2.75, 3.05) is 7.05 Å². The van der Waals surface area contributed by atoms with Gasteiger partial charge in [-0.2, -0.15) is 0 Å². The van der Waals surface area contributed by atoms with Crippen molar-refractivity contribution in [3.8, 4) is 11.3 Å². The summed E-state index contributed by atoms with van der Waals surface area (Å²) in [6.07, 6.45) is 5.35. The van der Waals surface area contributed by atoms with Gasteiger partial charge in [-0.15, -0.1) is 0 Å². The fraction of sp³-hybridized carbons (Fsp3) is 0.174. The molecule has 0 bridgehead atoms. The topological polar surface area (TPSA) is 72.4 Å².